The van der Waals surface area contributed by atoms with Crippen molar-refractivity contribution in [2.75, 3.05) is 19.7 Å². The Morgan fingerprint density at radius 2 is 2.17 bits per heavy atom. The van der Waals surface area contributed by atoms with Crippen LogP contribution in [0.2, 0.25) is 5.02 Å². The topological polar surface area (TPSA) is 49.9 Å². The maximum absolute atomic E-state index is 5.89. The maximum atomic E-state index is 5.89. The van der Waals surface area contributed by atoms with Crippen LogP contribution in [0.3, 0.4) is 0 Å². The van der Waals surface area contributed by atoms with Gasteiger partial charge in [-0.1, -0.05) is 11.6 Å². The number of aromatic nitrogens is 2. The van der Waals surface area contributed by atoms with Crippen molar-refractivity contribution in [3.63, 3.8) is 0 Å². The third-order valence-corrected chi connectivity index (χ3v) is 2.94. The highest BCUT2D eigenvalue weighted by molar-refractivity contribution is 6.31. The summed E-state index contributed by atoms with van der Waals surface area (Å²) in [6, 6.07) is 3.95. The molecule has 100 valence electrons. The van der Waals surface area contributed by atoms with Gasteiger partial charge in [0.05, 0.1) is 11.6 Å². The van der Waals surface area contributed by atoms with E-state index in [-0.39, 0.29) is 30.9 Å². The minimum Gasteiger partial charge on any atom is -0.369 e. The number of nitrogens with zero attached hydrogens (tertiary/aromatic N) is 1. The lowest BCUT2D eigenvalue weighted by molar-refractivity contribution is 0.0255. The van der Waals surface area contributed by atoms with E-state index >= 15 is 0 Å². The van der Waals surface area contributed by atoms with Crippen LogP contribution in [0.4, 0.5) is 0 Å². The Kier molecular flexibility index (Phi) is 5.69. The number of aromatic amines is 1. The monoisotopic (exact) mass is 309 g/mol. The standard InChI is InChI=1S/C11H12ClN3O.2ClH/c12-8-3-7-4-9(15-11(7)14-5-8)10-6-13-1-2-16-10;;/h3-5,10,13H,1-2,6H2,(H,14,15);2*1H. The molecule has 4 nitrogen and oxygen atoms in total. The van der Waals surface area contributed by atoms with Gasteiger partial charge in [-0.2, -0.15) is 0 Å². The molecule has 1 aliphatic rings. The predicted octanol–water partition coefficient (Wildman–Crippen LogP) is 2.72. The van der Waals surface area contributed by atoms with Crippen LogP contribution in [0.15, 0.2) is 18.3 Å². The summed E-state index contributed by atoms with van der Waals surface area (Å²) in [5.74, 6) is 0. The van der Waals surface area contributed by atoms with Crippen LogP contribution in [0, 0.1) is 0 Å². The van der Waals surface area contributed by atoms with E-state index in [0.717, 1.165) is 36.4 Å². The third kappa shape index (κ3) is 3.08. The van der Waals surface area contributed by atoms with Crippen LogP contribution in [0.5, 0.6) is 0 Å². The van der Waals surface area contributed by atoms with E-state index in [2.05, 4.69) is 15.3 Å². The molecule has 18 heavy (non-hydrogen) atoms. The highest BCUT2D eigenvalue weighted by atomic mass is 35.5. The van der Waals surface area contributed by atoms with Crippen LogP contribution in [0.25, 0.3) is 11.0 Å². The Labute approximate surface area is 122 Å². The molecule has 3 heterocycles. The zero-order valence-electron chi connectivity index (χ0n) is 9.48. The molecule has 1 saturated heterocycles. The summed E-state index contributed by atoms with van der Waals surface area (Å²) in [5, 5.41) is 4.98. The molecule has 1 atom stereocenters. The van der Waals surface area contributed by atoms with Gasteiger partial charge in [0.2, 0.25) is 0 Å². The first kappa shape index (κ1) is 15.5. The number of nitrogens with one attached hydrogen (secondary N) is 2. The zero-order valence-corrected chi connectivity index (χ0v) is 11.9. The second-order valence-corrected chi connectivity index (χ2v) is 4.32. The van der Waals surface area contributed by atoms with Crippen molar-refractivity contribution < 1.29 is 4.74 Å². The van der Waals surface area contributed by atoms with E-state index in [1.165, 1.54) is 0 Å². The van der Waals surface area contributed by atoms with Gasteiger partial charge in [0.1, 0.15) is 11.8 Å². The summed E-state index contributed by atoms with van der Waals surface area (Å²) in [6.07, 6.45) is 1.73. The lowest BCUT2D eigenvalue weighted by atomic mass is 10.2. The van der Waals surface area contributed by atoms with Crippen molar-refractivity contribution >= 4 is 47.4 Å². The van der Waals surface area contributed by atoms with Gasteiger partial charge in [-0.3, -0.25) is 0 Å². The lowest BCUT2D eigenvalue weighted by Gasteiger charge is -2.22. The van der Waals surface area contributed by atoms with Gasteiger partial charge in [-0.05, 0) is 12.1 Å². The number of hydrogen-bond acceptors (Lipinski definition) is 3. The summed E-state index contributed by atoms with van der Waals surface area (Å²) >= 11 is 5.89. The number of halogens is 3. The molecule has 0 bridgehead atoms. The van der Waals surface area contributed by atoms with Gasteiger partial charge >= 0.3 is 0 Å². The molecule has 0 spiro atoms. The molecular weight excluding hydrogens is 297 g/mol. The van der Waals surface area contributed by atoms with Crippen LogP contribution in [0.1, 0.15) is 11.8 Å². The number of ether oxygens (including phenoxy) is 1. The van der Waals surface area contributed by atoms with Gasteiger partial charge in [-0.25, -0.2) is 4.98 Å². The lowest BCUT2D eigenvalue weighted by Crippen LogP contribution is -2.33. The average Bonchev–Trinajstić information content (AvgIpc) is 2.73. The van der Waals surface area contributed by atoms with Crippen molar-refractivity contribution in [1.29, 1.82) is 0 Å². The van der Waals surface area contributed by atoms with E-state index < -0.39 is 0 Å². The first-order valence-electron chi connectivity index (χ1n) is 5.29. The summed E-state index contributed by atoms with van der Waals surface area (Å²) in [5.41, 5.74) is 1.91. The fourth-order valence-electron chi connectivity index (χ4n) is 1.95. The molecule has 1 unspecified atom stereocenters. The van der Waals surface area contributed by atoms with E-state index in [0.29, 0.717) is 5.02 Å². The van der Waals surface area contributed by atoms with Crippen molar-refractivity contribution in [2.24, 2.45) is 0 Å². The van der Waals surface area contributed by atoms with Crippen LogP contribution < -0.4 is 5.32 Å². The normalized spacial score (nSPS) is 19.1. The molecule has 7 heteroatoms. The Balaban J connectivity index is 0.000000810. The highest BCUT2D eigenvalue weighted by Gasteiger charge is 2.17. The molecule has 0 aliphatic carbocycles. The second kappa shape index (κ2) is 6.59. The van der Waals surface area contributed by atoms with Crippen molar-refractivity contribution in [1.82, 2.24) is 15.3 Å². The van der Waals surface area contributed by atoms with Gasteiger partial charge in [0.15, 0.2) is 0 Å². The number of rotatable bonds is 1. The van der Waals surface area contributed by atoms with Gasteiger partial charge in [-0.15, -0.1) is 24.8 Å². The van der Waals surface area contributed by atoms with E-state index in [4.69, 9.17) is 16.3 Å². The minimum absolute atomic E-state index is 0. The maximum Gasteiger partial charge on any atom is 0.137 e. The third-order valence-electron chi connectivity index (χ3n) is 2.73. The smallest absolute Gasteiger partial charge is 0.137 e. The fourth-order valence-corrected chi connectivity index (χ4v) is 2.11. The van der Waals surface area contributed by atoms with Crippen LogP contribution in [-0.2, 0) is 4.74 Å². The average molecular weight is 311 g/mol. The Morgan fingerprint density at radius 3 is 2.89 bits per heavy atom. The van der Waals surface area contributed by atoms with Crippen LogP contribution in [-0.4, -0.2) is 29.7 Å². The quantitative estimate of drug-likeness (QED) is 0.851. The number of morpholine rings is 1. The van der Waals surface area contributed by atoms with Gasteiger partial charge < -0.3 is 15.0 Å². The summed E-state index contributed by atoms with van der Waals surface area (Å²) in [4.78, 5) is 7.49. The molecule has 0 saturated carbocycles. The Bertz CT molecular complexity index is 511. The molecule has 2 aromatic heterocycles. The molecule has 1 fully saturated rings. The largest absolute Gasteiger partial charge is 0.369 e. The van der Waals surface area contributed by atoms with Gasteiger partial charge in [0.25, 0.3) is 0 Å². The van der Waals surface area contributed by atoms with Crippen molar-refractivity contribution in [3.8, 4) is 0 Å². The molecular formula is C11H14Cl3N3O. The fraction of sp³-hybridized carbons (Fsp3) is 0.364. The zero-order chi connectivity index (χ0) is 11.0. The first-order valence-corrected chi connectivity index (χ1v) is 5.67. The Hall–Kier alpha value is -0.520. The van der Waals surface area contributed by atoms with E-state index in [1.807, 2.05) is 12.1 Å². The second-order valence-electron chi connectivity index (χ2n) is 3.88. The van der Waals surface area contributed by atoms with E-state index in [9.17, 15) is 0 Å². The number of H-pyrrole nitrogens is 1. The summed E-state index contributed by atoms with van der Waals surface area (Å²) < 4.78 is 5.67. The highest BCUT2D eigenvalue weighted by Crippen LogP contribution is 2.23. The molecule has 0 amide bonds. The number of pyridine rings is 1. The molecule has 2 N–H and O–H groups in total. The molecule has 3 rings (SSSR count). The van der Waals surface area contributed by atoms with Crippen LogP contribution >= 0.6 is 36.4 Å². The number of fused-ring (bicyclic) bond motifs is 1. The molecule has 2 aromatic rings. The molecule has 1 aliphatic heterocycles. The van der Waals surface area contributed by atoms with E-state index in [1.54, 1.807) is 6.20 Å². The van der Waals surface area contributed by atoms with Gasteiger partial charge in [0, 0.05) is 30.4 Å². The molecule has 0 aromatic carbocycles. The predicted molar refractivity (Wildman–Crippen MR) is 77.2 cm³/mol. The molecule has 0 radical (unpaired) electrons. The summed E-state index contributed by atoms with van der Waals surface area (Å²) in [6.45, 7) is 2.50. The van der Waals surface area contributed by atoms with Crippen molar-refractivity contribution in [2.45, 2.75) is 6.10 Å². The SMILES string of the molecule is Cl.Cl.Clc1cnc2[nH]c(C3CNCCO3)cc2c1. The summed E-state index contributed by atoms with van der Waals surface area (Å²) in [7, 11) is 0. The number of hydrogen-bond donors (Lipinski definition) is 2. The Morgan fingerprint density at radius 1 is 1.33 bits per heavy atom. The minimum atomic E-state index is 0. The van der Waals surface area contributed by atoms with Crippen molar-refractivity contribution in [3.05, 3.63) is 29.0 Å². The first-order chi connectivity index (χ1) is 7.83.